The fourth-order valence-electron chi connectivity index (χ4n) is 4.65. The predicted molar refractivity (Wildman–Crippen MR) is 117 cm³/mol. The van der Waals surface area contributed by atoms with Crippen molar-refractivity contribution in [2.75, 3.05) is 20.2 Å². The highest BCUT2D eigenvalue weighted by molar-refractivity contribution is 5.96. The van der Waals surface area contributed by atoms with Gasteiger partial charge in [0.25, 0.3) is 5.91 Å². The minimum atomic E-state index is -0.601. The summed E-state index contributed by atoms with van der Waals surface area (Å²) in [4.78, 5) is 30.4. The van der Waals surface area contributed by atoms with Crippen molar-refractivity contribution in [2.45, 2.75) is 83.9 Å². The quantitative estimate of drug-likeness (QED) is 0.621. The normalized spacial score (nSPS) is 21.2. The van der Waals surface area contributed by atoms with E-state index in [0.717, 1.165) is 37.7 Å². The maximum Gasteiger partial charge on any atom is 0.250 e. The lowest BCUT2D eigenvalue weighted by Crippen LogP contribution is -2.58. The van der Waals surface area contributed by atoms with E-state index in [0.29, 0.717) is 18.0 Å². The molecule has 6 heteroatoms. The summed E-state index contributed by atoms with van der Waals surface area (Å²) in [6, 6.07) is 5.17. The number of nitrogens with zero attached hydrogens (tertiary/aromatic N) is 2. The molecule has 1 aromatic rings. The molecule has 2 amide bonds. The number of carbonyl (C=O) groups excluding carboxylic acids is 2. The average Bonchev–Trinajstić information content (AvgIpc) is 3.00. The van der Waals surface area contributed by atoms with Crippen LogP contribution < -0.4 is 9.47 Å². The first-order chi connectivity index (χ1) is 14.5. The van der Waals surface area contributed by atoms with E-state index >= 15 is 0 Å². The molecule has 2 aliphatic rings. The molecule has 1 aliphatic heterocycles. The summed E-state index contributed by atoms with van der Waals surface area (Å²) in [5.41, 5.74) is 0.785. The zero-order valence-corrected chi connectivity index (χ0v) is 18.9. The molecule has 1 saturated heterocycles. The lowest BCUT2D eigenvalue weighted by Gasteiger charge is -2.43. The topological polar surface area (TPSA) is 59.1 Å². The van der Waals surface area contributed by atoms with E-state index in [1.165, 1.54) is 12.8 Å². The molecule has 1 heterocycles. The molecular weight excluding hydrogens is 380 g/mol. The van der Waals surface area contributed by atoms with Gasteiger partial charge in [0.05, 0.1) is 13.2 Å². The summed E-state index contributed by atoms with van der Waals surface area (Å²) in [5.74, 6) is 1.31. The van der Waals surface area contributed by atoms with Crippen molar-refractivity contribution in [3.8, 4) is 11.5 Å². The molecule has 0 spiro atoms. The summed E-state index contributed by atoms with van der Waals surface area (Å²) in [6.07, 6.45) is 7.49. The molecule has 0 aromatic heterocycles. The third-order valence-corrected chi connectivity index (χ3v) is 6.05. The first-order valence-corrected chi connectivity index (χ1v) is 11.4. The van der Waals surface area contributed by atoms with Crippen LogP contribution in [0.15, 0.2) is 18.2 Å². The molecule has 3 rings (SSSR count). The smallest absolute Gasteiger partial charge is 0.250 e. The Morgan fingerprint density at radius 3 is 2.37 bits per heavy atom. The SMILES string of the molecule is CCCN1C(=O)CN(C2CCCCCC2)C(=O)C1c1ccc(OC(C)C)c(OC)c1. The highest BCUT2D eigenvalue weighted by atomic mass is 16.5. The molecule has 1 unspecified atom stereocenters. The molecule has 0 radical (unpaired) electrons. The van der Waals surface area contributed by atoms with Gasteiger partial charge in [0.15, 0.2) is 11.5 Å². The van der Waals surface area contributed by atoms with Crippen LogP contribution in [0.3, 0.4) is 0 Å². The Balaban J connectivity index is 1.95. The van der Waals surface area contributed by atoms with Gasteiger partial charge in [-0.1, -0.05) is 38.7 Å². The summed E-state index contributed by atoms with van der Waals surface area (Å²) < 4.78 is 11.4. The highest BCUT2D eigenvalue weighted by Gasteiger charge is 2.42. The van der Waals surface area contributed by atoms with Crippen LogP contribution in [0.1, 0.15) is 77.3 Å². The van der Waals surface area contributed by atoms with Crippen molar-refractivity contribution >= 4 is 11.8 Å². The fourth-order valence-corrected chi connectivity index (χ4v) is 4.65. The van der Waals surface area contributed by atoms with Crippen LogP contribution in [0.5, 0.6) is 11.5 Å². The van der Waals surface area contributed by atoms with Gasteiger partial charge >= 0.3 is 0 Å². The standard InChI is InChI=1S/C24H36N2O4/c1-5-14-25-22(27)16-26(19-10-8-6-7-9-11-19)24(28)23(25)18-12-13-20(30-17(2)3)21(15-18)29-4/h12-13,15,17,19,23H,5-11,14,16H2,1-4H3. The van der Waals surface area contributed by atoms with Gasteiger partial charge in [-0.25, -0.2) is 0 Å². The van der Waals surface area contributed by atoms with Crippen molar-refractivity contribution in [2.24, 2.45) is 0 Å². The van der Waals surface area contributed by atoms with Crippen LogP contribution in [0, 0.1) is 0 Å². The fraction of sp³-hybridized carbons (Fsp3) is 0.667. The van der Waals surface area contributed by atoms with E-state index in [1.54, 1.807) is 12.0 Å². The van der Waals surface area contributed by atoms with Crippen LogP contribution in [0.2, 0.25) is 0 Å². The number of hydrogen-bond acceptors (Lipinski definition) is 4. The van der Waals surface area contributed by atoms with E-state index in [2.05, 4.69) is 0 Å². The monoisotopic (exact) mass is 416 g/mol. The lowest BCUT2D eigenvalue weighted by atomic mass is 9.97. The van der Waals surface area contributed by atoms with Gasteiger partial charge in [0, 0.05) is 12.6 Å². The Labute approximate surface area is 180 Å². The molecule has 1 atom stereocenters. The van der Waals surface area contributed by atoms with Crippen LogP contribution in [0.25, 0.3) is 0 Å². The summed E-state index contributed by atoms with van der Waals surface area (Å²) in [6.45, 7) is 6.73. The molecule has 0 N–H and O–H groups in total. The Morgan fingerprint density at radius 2 is 1.77 bits per heavy atom. The molecule has 30 heavy (non-hydrogen) atoms. The predicted octanol–water partition coefficient (Wildman–Crippen LogP) is 4.33. The largest absolute Gasteiger partial charge is 0.493 e. The van der Waals surface area contributed by atoms with Crippen LogP contribution in [0.4, 0.5) is 0 Å². The second-order valence-electron chi connectivity index (χ2n) is 8.68. The maximum absolute atomic E-state index is 13.7. The second-order valence-corrected chi connectivity index (χ2v) is 8.68. The van der Waals surface area contributed by atoms with Crippen molar-refractivity contribution in [1.82, 2.24) is 9.80 Å². The van der Waals surface area contributed by atoms with E-state index in [-0.39, 0.29) is 30.5 Å². The van der Waals surface area contributed by atoms with Crippen LogP contribution >= 0.6 is 0 Å². The van der Waals surface area contributed by atoms with Crippen molar-refractivity contribution in [3.63, 3.8) is 0 Å². The Kier molecular flexibility index (Phi) is 7.62. The summed E-state index contributed by atoms with van der Waals surface area (Å²) in [5, 5.41) is 0. The molecular formula is C24H36N2O4. The highest BCUT2D eigenvalue weighted by Crippen LogP contribution is 2.36. The summed E-state index contributed by atoms with van der Waals surface area (Å²) in [7, 11) is 1.60. The summed E-state index contributed by atoms with van der Waals surface area (Å²) >= 11 is 0. The third-order valence-electron chi connectivity index (χ3n) is 6.05. The first-order valence-electron chi connectivity index (χ1n) is 11.4. The number of rotatable bonds is 7. The van der Waals surface area contributed by atoms with Gasteiger partial charge in [-0.15, -0.1) is 0 Å². The van der Waals surface area contributed by atoms with Gasteiger partial charge in [-0.05, 0) is 50.8 Å². The van der Waals surface area contributed by atoms with Crippen LogP contribution in [-0.2, 0) is 9.59 Å². The zero-order valence-electron chi connectivity index (χ0n) is 18.9. The molecule has 1 aliphatic carbocycles. The van der Waals surface area contributed by atoms with E-state index in [1.807, 2.05) is 43.9 Å². The molecule has 166 valence electrons. The number of benzene rings is 1. The number of carbonyl (C=O) groups is 2. The number of methoxy groups -OCH3 is 1. The molecule has 0 bridgehead atoms. The molecule has 6 nitrogen and oxygen atoms in total. The zero-order chi connectivity index (χ0) is 21.7. The lowest BCUT2D eigenvalue weighted by molar-refractivity contribution is -0.159. The second kappa shape index (κ2) is 10.2. The van der Waals surface area contributed by atoms with Crippen molar-refractivity contribution in [3.05, 3.63) is 23.8 Å². The molecule has 1 saturated carbocycles. The van der Waals surface area contributed by atoms with Gasteiger partial charge in [-0.2, -0.15) is 0 Å². The van der Waals surface area contributed by atoms with Gasteiger partial charge in [-0.3, -0.25) is 9.59 Å². The Bertz CT molecular complexity index is 741. The van der Waals surface area contributed by atoms with Gasteiger partial charge in [0.2, 0.25) is 5.91 Å². The molecule has 2 fully saturated rings. The van der Waals surface area contributed by atoms with Gasteiger partial charge < -0.3 is 19.3 Å². The molecule has 1 aromatic carbocycles. The third kappa shape index (κ3) is 4.90. The van der Waals surface area contributed by atoms with Crippen molar-refractivity contribution < 1.29 is 19.1 Å². The minimum absolute atomic E-state index is 0.0185. The Hall–Kier alpha value is -2.24. The number of piperazine rings is 1. The number of amides is 2. The Morgan fingerprint density at radius 1 is 1.07 bits per heavy atom. The number of ether oxygens (including phenoxy) is 2. The average molecular weight is 417 g/mol. The van der Waals surface area contributed by atoms with Crippen LogP contribution in [-0.4, -0.2) is 54.0 Å². The van der Waals surface area contributed by atoms with E-state index in [9.17, 15) is 9.59 Å². The maximum atomic E-state index is 13.7. The van der Waals surface area contributed by atoms with E-state index in [4.69, 9.17) is 9.47 Å². The van der Waals surface area contributed by atoms with E-state index < -0.39 is 6.04 Å². The van der Waals surface area contributed by atoms with Gasteiger partial charge in [0.1, 0.15) is 12.6 Å². The van der Waals surface area contributed by atoms with Crippen molar-refractivity contribution in [1.29, 1.82) is 0 Å². The first kappa shape index (κ1) is 22.4. The number of hydrogen-bond donors (Lipinski definition) is 0. The minimum Gasteiger partial charge on any atom is -0.493 e.